The van der Waals surface area contributed by atoms with Crippen LogP contribution in [0.4, 0.5) is 4.79 Å². The SMILES string of the molecule is CCCNC(=O)N1C2CCC1CC(N1C(=O)CCC1=O)C2. The van der Waals surface area contributed by atoms with Crippen molar-refractivity contribution in [1.82, 2.24) is 15.1 Å². The van der Waals surface area contributed by atoms with Crippen LogP contribution in [0.1, 0.15) is 51.9 Å². The summed E-state index contributed by atoms with van der Waals surface area (Å²) < 4.78 is 0. The molecule has 0 aromatic rings. The van der Waals surface area contributed by atoms with Gasteiger partial charge >= 0.3 is 6.03 Å². The molecule has 0 aliphatic carbocycles. The van der Waals surface area contributed by atoms with Gasteiger partial charge in [-0.25, -0.2) is 4.79 Å². The van der Waals surface area contributed by atoms with Gasteiger partial charge < -0.3 is 10.2 Å². The molecule has 3 rings (SSSR count). The molecular weight excluding hydrogens is 270 g/mol. The van der Waals surface area contributed by atoms with Gasteiger partial charge in [-0.2, -0.15) is 0 Å². The molecule has 0 radical (unpaired) electrons. The number of rotatable bonds is 3. The van der Waals surface area contributed by atoms with Gasteiger partial charge in [-0.1, -0.05) is 6.92 Å². The first-order chi connectivity index (χ1) is 10.1. The number of urea groups is 1. The molecule has 6 nitrogen and oxygen atoms in total. The van der Waals surface area contributed by atoms with Crippen LogP contribution in [-0.4, -0.2) is 52.3 Å². The molecule has 3 aliphatic rings. The van der Waals surface area contributed by atoms with Crippen molar-refractivity contribution in [2.75, 3.05) is 6.54 Å². The standard InChI is InChI=1S/C15H23N3O3/c1-2-7-16-15(21)17-10-3-4-11(17)9-12(8-10)18-13(19)5-6-14(18)20/h10-12H,2-9H2,1H3,(H,16,21). The quantitative estimate of drug-likeness (QED) is 0.796. The first-order valence-corrected chi connectivity index (χ1v) is 8.03. The lowest BCUT2D eigenvalue weighted by atomic mass is 9.96. The third-order valence-corrected chi connectivity index (χ3v) is 4.92. The summed E-state index contributed by atoms with van der Waals surface area (Å²) in [5, 5.41) is 2.94. The van der Waals surface area contributed by atoms with E-state index >= 15 is 0 Å². The third kappa shape index (κ3) is 2.51. The molecule has 0 aromatic carbocycles. The van der Waals surface area contributed by atoms with Crippen LogP contribution in [0.25, 0.3) is 0 Å². The Morgan fingerprint density at radius 2 is 1.67 bits per heavy atom. The number of hydrogen-bond acceptors (Lipinski definition) is 3. The van der Waals surface area contributed by atoms with Gasteiger partial charge in [0.1, 0.15) is 0 Å². The summed E-state index contributed by atoms with van der Waals surface area (Å²) in [6, 6.07) is 0.362. The average Bonchev–Trinajstić information content (AvgIpc) is 2.93. The Bertz CT molecular complexity index is 435. The van der Waals surface area contributed by atoms with E-state index in [0.29, 0.717) is 19.4 Å². The second kappa shape index (κ2) is 5.66. The Hall–Kier alpha value is -1.59. The topological polar surface area (TPSA) is 69.7 Å². The number of carbonyl (C=O) groups is 3. The van der Waals surface area contributed by atoms with Crippen molar-refractivity contribution in [2.45, 2.75) is 70.0 Å². The summed E-state index contributed by atoms with van der Waals surface area (Å²) in [5.74, 6) is -0.0680. The molecule has 2 bridgehead atoms. The Kier molecular flexibility index (Phi) is 3.87. The molecular formula is C15H23N3O3. The molecule has 116 valence electrons. The molecule has 2 unspecified atom stereocenters. The first-order valence-electron chi connectivity index (χ1n) is 8.03. The van der Waals surface area contributed by atoms with Crippen molar-refractivity contribution in [3.63, 3.8) is 0 Å². The summed E-state index contributed by atoms with van der Waals surface area (Å²) in [6.07, 6.45) is 5.08. The molecule has 2 atom stereocenters. The number of fused-ring (bicyclic) bond motifs is 2. The fraction of sp³-hybridized carbons (Fsp3) is 0.800. The van der Waals surface area contributed by atoms with E-state index < -0.39 is 0 Å². The van der Waals surface area contributed by atoms with E-state index in [1.807, 2.05) is 11.8 Å². The van der Waals surface area contributed by atoms with Crippen molar-refractivity contribution >= 4 is 17.8 Å². The number of nitrogens with zero attached hydrogens (tertiary/aromatic N) is 2. The van der Waals surface area contributed by atoms with Crippen LogP contribution in [-0.2, 0) is 9.59 Å². The third-order valence-electron chi connectivity index (χ3n) is 4.92. The van der Waals surface area contributed by atoms with Crippen molar-refractivity contribution in [1.29, 1.82) is 0 Å². The molecule has 6 heteroatoms. The van der Waals surface area contributed by atoms with Crippen molar-refractivity contribution in [2.24, 2.45) is 0 Å². The van der Waals surface area contributed by atoms with Crippen LogP contribution in [0, 0.1) is 0 Å². The lowest BCUT2D eigenvalue weighted by Gasteiger charge is -2.41. The van der Waals surface area contributed by atoms with Gasteiger partial charge in [0.15, 0.2) is 0 Å². The maximum absolute atomic E-state index is 12.2. The van der Waals surface area contributed by atoms with Gasteiger partial charge in [-0.15, -0.1) is 0 Å². The van der Waals surface area contributed by atoms with E-state index in [2.05, 4.69) is 5.32 Å². The van der Waals surface area contributed by atoms with Gasteiger partial charge in [0.2, 0.25) is 11.8 Å². The minimum Gasteiger partial charge on any atom is -0.338 e. The van der Waals surface area contributed by atoms with E-state index in [1.165, 1.54) is 4.90 Å². The van der Waals surface area contributed by atoms with Crippen LogP contribution in [0.15, 0.2) is 0 Å². The minimum absolute atomic E-state index is 0.000208. The molecule has 3 aliphatic heterocycles. The van der Waals surface area contributed by atoms with Crippen molar-refractivity contribution < 1.29 is 14.4 Å². The van der Waals surface area contributed by atoms with E-state index in [1.54, 1.807) is 0 Å². The largest absolute Gasteiger partial charge is 0.338 e. The summed E-state index contributed by atoms with van der Waals surface area (Å²) in [5.41, 5.74) is 0. The summed E-state index contributed by atoms with van der Waals surface area (Å²) in [7, 11) is 0. The van der Waals surface area contributed by atoms with Gasteiger partial charge in [0.25, 0.3) is 0 Å². The van der Waals surface area contributed by atoms with Gasteiger partial charge in [-0.3, -0.25) is 14.5 Å². The molecule has 3 saturated heterocycles. The van der Waals surface area contributed by atoms with Gasteiger partial charge in [0, 0.05) is 37.5 Å². The van der Waals surface area contributed by atoms with E-state index in [4.69, 9.17) is 0 Å². The number of nitrogens with one attached hydrogen (secondary N) is 1. The maximum Gasteiger partial charge on any atom is 0.317 e. The molecule has 1 N–H and O–H groups in total. The molecule has 0 aromatic heterocycles. The second-order valence-electron chi connectivity index (χ2n) is 6.31. The average molecular weight is 293 g/mol. The molecule has 21 heavy (non-hydrogen) atoms. The van der Waals surface area contributed by atoms with Gasteiger partial charge in [-0.05, 0) is 32.1 Å². The van der Waals surface area contributed by atoms with Crippen LogP contribution < -0.4 is 5.32 Å². The van der Waals surface area contributed by atoms with Crippen molar-refractivity contribution in [3.8, 4) is 0 Å². The Morgan fingerprint density at radius 1 is 1.10 bits per heavy atom. The number of likely N-dealkylation sites (tertiary alicyclic amines) is 1. The zero-order valence-corrected chi connectivity index (χ0v) is 12.5. The zero-order valence-electron chi connectivity index (χ0n) is 12.5. The fourth-order valence-corrected chi connectivity index (χ4v) is 4.02. The fourth-order valence-electron chi connectivity index (χ4n) is 4.02. The van der Waals surface area contributed by atoms with E-state index in [9.17, 15) is 14.4 Å². The zero-order chi connectivity index (χ0) is 15.0. The highest BCUT2D eigenvalue weighted by Crippen LogP contribution is 2.38. The van der Waals surface area contributed by atoms with Crippen LogP contribution >= 0.6 is 0 Å². The van der Waals surface area contributed by atoms with Crippen molar-refractivity contribution in [3.05, 3.63) is 0 Å². The van der Waals surface area contributed by atoms with E-state index in [-0.39, 0.29) is 36.0 Å². The highest BCUT2D eigenvalue weighted by molar-refractivity contribution is 6.02. The minimum atomic E-state index is -0.0340. The summed E-state index contributed by atoms with van der Waals surface area (Å²) in [4.78, 5) is 39.4. The number of hydrogen-bond donors (Lipinski definition) is 1. The Morgan fingerprint density at radius 3 is 2.19 bits per heavy atom. The lowest BCUT2D eigenvalue weighted by molar-refractivity contribution is -0.142. The highest BCUT2D eigenvalue weighted by Gasteiger charge is 2.47. The Labute approximate surface area is 124 Å². The number of piperidine rings is 1. The van der Waals surface area contributed by atoms with Crippen LogP contribution in [0.2, 0.25) is 0 Å². The molecule has 0 spiro atoms. The summed E-state index contributed by atoms with van der Waals surface area (Å²) in [6.45, 7) is 2.73. The van der Waals surface area contributed by atoms with Crippen LogP contribution in [0.5, 0.6) is 0 Å². The van der Waals surface area contributed by atoms with Crippen LogP contribution in [0.3, 0.4) is 0 Å². The highest BCUT2D eigenvalue weighted by atomic mass is 16.2. The molecule has 0 saturated carbocycles. The summed E-state index contributed by atoms with van der Waals surface area (Å²) >= 11 is 0. The smallest absolute Gasteiger partial charge is 0.317 e. The van der Waals surface area contributed by atoms with E-state index in [0.717, 1.165) is 32.1 Å². The number of imide groups is 1. The molecule has 3 heterocycles. The molecule has 4 amide bonds. The number of amides is 4. The molecule has 3 fully saturated rings. The first kappa shape index (κ1) is 14.4. The predicted molar refractivity (Wildman–Crippen MR) is 76.4 cm³/mol. The predicted octanol–water partition coefficient (Wildman–Crippen LogP) is 1.25. The van der Waals surface area contributed by atoms with Gasteiger partial charge in [0.05, 0.1) is 0 Å². The Balaban J connectivity index is 1.67. The number of carbonyl (C=O) groups excluding carboxylic acids is 3. The monoisotopic (exact) mass is 293 g/mol. The maximum atomic E-state index is 12.2. The normalized spacial score (nSPS) is 32.0. The second-order valence-corrected chi connectivity index (χ2v) is 6.31. The lowest BCUT2D eigenvalue weighted by Crippen LogP contribution is -2.55.